The van der Waals surface area contributed by atoms with E-state index in [2.05, 4.69) is 14.7 Å². The van der Waals surface area contributed by atoms with Crippen molar-refractivity contribution in [1.29, 1.82) is 10.5 Å². The van der Waals surface area contributed by atoms with Crippen molar-refractivity contribution in [2.24, 2.45) is 0 Å². The normalized spacial score (nSPS) is 9.58. The number of esters is 1. The number of hydrogen-bond acceptors (Lipinski definition) is 10. The molecule has 4 aromatic rings. The summed E-state index contributed by atoms with van der Waals surface area (Å²) < 4.78 is 14.9. The molecular weight excluding hydrogens is 459 g/mol. The molecule has 2 heterocycles. The summed E-state index contributed by atoms with van der Waals surface area (Å²) in [5.74, 6) is -0.988. The van der Waals surface area contributed by atoms with Gasteiger partial charge in [0.25, 0.3) is 0 Å². The Bertz CT molecular complexity index is 1540. The van der Waals surface area contributed by atoms with Crippen LogP contribution in [0.1, 0.15) is 32.1 Å². The molecule has 0 saturated carbocycles. The summed E-state index contributed by atoms with van der Waals surface area (Å²) in [6, 6.07) is 16.3. The molecule has 2 aromatic heterocycles. The molecule has 10 nitrogen and oxygen atoms in total. The number of ether oxygens (including phenoxy) is 3. The van der Waals surface area contributed by atoms with Crippen LogP contribution in [0.4, 0.5) is 0 Å². The number of nitriles is 2. The van der Waals surface area contributed by atoms with Gasteiger partial charge >= 0.3 is 24.8 Å². The van der Waals surface area contributed by atoms with Gasteiger partial charge in [-0.15, -0.1) is 0 Å². The Morgan fingerprint density at radius 2 is 1.22 bits per heavy atom. The number of carbonyl (C=O) groups excluding carboxylic acids is 2. The summed E-state index contributed by atoms with van der Waals surface area (Å²) in [6.07, 6.45) is 0. The molecule has 2 aromatic carbocycles. The topological polar surface area (TPSA) is 158 Å². The molecule has 11 heteroatoms. The van der Waals surface area contributed by atoms with Gasteiger partial charge in [-0.2, -0.15) is 10.5 Å². The van der Waals surface area contributed by atoms with Gasteiger partial charge in [-0.1, -0.05) is 0 Å². The van der Waals surface area contributed by atoms with Crippen LogP contribution in [0, 0.1) is 22.7 Å². The number of benzene rings is 2. The molecule has 0 saturated heterocycles. The number of aromatic carboxylic acids is 1. The molecule has 0 bridgehead atoms. The summed E-state index contributed by atoms with van der Waals surface area (Å²) in [6.45, 7) is 0. The standard InChI is InChI=1S/C13H10N2O3.C12H8N2O3.Li/c1-17-11-6-9(13(16)18-2)5-8-3-4-10(7-14)15-12(8)11;1-17-10-5-8(12(15)16)4-7-2-3-9(6-13)14-11(7)10;/h3-6H,1-2H3;2-5H,1H3,(H,15,16);/q;;+1/p-1. The fraction of sp³-hybridized carbons (Fsp3) is 0.120. The van der Waals surface area contributed by atoms with E-state index >= 15 is 0 Å². The Labute approximate surface area is 217 Å². The minimum atomic E-state index is -1.28. The molecule has 0 unspecified atom stereocenters. The van der Waals surface area contributed by atoms with Gasteiger partial charge in [-0.3, -0.25) is 0 Å². The van der Waals surface area contributed by atoms with Crippen molar-refractivity contribution in [3.05, 3.63) is 71.0 Å². The molecule has 0 aliphatic carbocycles. The summed E-state index contributed by atoms with van der Waals surface area (Å²) in [7, 11) is 4.21. The van der Waals surface area contributed by atoms with E-state index in [-0.39, 0.29) is 30.1 Å². The summed E-state index contributed by atoms with van der Waals surface area (Å²) in [4.78, 5) is 30.5. The number of carboxylic acids is 1. The minimum Gasteiger partial charge on any atom is -0.545 e. The van der Waals surface area contributed by atoms with E-state index in [9.17, 15) is 14.7 Å². The van der Waals surface area contributed by atoms with Crippen LogP contribution in [0.2, 0.25) is 0 Å². The summed E-state index contributed by atoms with van der Waals surface area (Å²) in [5, 5.41) is 29.7. The van der Waals surface area contributed by atoms with E-state index in [1.807, 2.05) is 12.1 Å². The van der Waals surface area contributed by atoms with Gasteiger partial charge in [0.15, 0.2) is 0 Å². The van der Waals surface area contributed by atoms with Crippen LogP contribution >= 0.6 is 0 Å². The van der Waals surface area contributed by atoms with E-state index in [1.54, 1.807) is 30.3 Å². The molecule has 0 N–H and O–H groups in total. The van der Waals surface area contributed by atoms with E-state index < -0.39 is 11.9 Å². The number of fused-ring (bicyclic) bond motifs is 2. The van der Waals surface area contributed by atoms with Gasteiger partial charge in [-0.05, 0) is 48.5 Å². The van der Waals surface area contributed by atoms with Gasteiger partial charge in [0.1, 0.15) is 46.1 Å². The second-order valence-electron chi connectivity index (χ2n) is 6.90. The Balaban J connectivity index is 0.000000247. The predicted molar refractivity (Wildman–Crippen MR) is 122 cm³/mol. The average molecular weight is 476 g/mol. The zero-order valence-corrected chi connectivity index (χ0v) is 19.9. The molecule has 4 rings (SSSR count). The van der Waals surface area contributed by atoms with Crippen molar-refractivity contribution >= 4 is 33.7 Å². The maximum atomic E-state index is 11.5. The third kappa shape index (κ3) is 5.89. The fourth-order valence-corrected chi connectivity index (χ4v) is 3.19. The first-order chi connectivity index (χ1) is 16.8. The zero-order chi connectivity index (χ0) is 25.5. The number of hydrogen-bond donors (Lipinski definition) is 0. The van der Waals surface area contributed by atoms with Crippen molar-refractivity contribution in [2.75, 3.05) is 21.3 Å². The van der Waals surface area contributed by atoms with Crippen molar-refractivity contribution in [3.8, 4) is 23.6 Å². The van der Waals surface area contributed by atoms with Gasteiger partial charge < -0.3 is 24.1 Å². The number of aromatic nitrogens is 2. The van der Waals surface area contributed by atoms with Crippen LogP contribution in [-0.2, 0) is 4.74 Å². The van der Waals surface area contributed by atoms with Crippen molar-refractivity contribution < 1.29 is 47.8 Å². The Kier molecular flexibility index (Phi) is 9.35. The van der Waals surface area contributed by atoms with E-state index in [1.165, 1.54) is 39.5 Å². The molecule has 0 atom stereocenters. The Morgan fingerprint density at radius 1 is 0.778 bits per heavy atom. The molecule has 0 radical (unpaired) electrons. The number of rotatable bonds is 4. The SMILES string of the molecule is COC(=O)c1cc(OC)c2nc(C#N)ccc2c1.COc1cc(C(=O)[O-])cc2ccc(C#N)nc12.[Li+]. The number of nitrogens with zero attached hydrogens (tertiary/aromatic N) is 4. The first-order valence-electron chi connectivity index (χ1n) is 9.92. The fourth-order valence-electron chi connectivity index (χ4n) is 3.19. The second kappa shape index (κ2) is 12.2. The first-order valence-corrected chi connectivity index (χ1v) is 9.92. The average Bonchev–Trinajstić information content (AvgIpc) is 2.90. The minimum absolute atomic E-state index is 0. The molecule has 0 spiro atoms. The maximum absolute atomic E-state index is 11.5. The van der Waals surface area contributed by atoms with Gasteiger partial charge in [0.2, 0.25) is 0 Å². The molecule has 0 aliphatic rings. The third-order valence-corrected chi connectivity index (χ3v) is 4.84. The molecular formula is C25H17LiN4O6. The van der Waals surface area contributed by atoms with Crippen LogP contribution in [0.3, 0.4) is 0 Å². The van der Waals surface area contributed by atoms with Crippen LogP contribution in [0.15, 0.2) is 48.5 Å². The maximum Gasteiger partial charge on any atom is 1.00 e. The molecule has 0 amide bonds. The van der Waals surface area contributed by atoms with Crippen molar-refractivity contribution in [3.63, 3.8) is 0 Å². The number of pyridine rings is 2. The smallest absolute Gasteiger partial charge is 0.545 e. The van der Waals surface area contributed by atoms with Crippen molar-refractivity contribution in [2.45, 2.75) is 0 Å². The van der Waals surface area contributed by atoms with Crippen LogP contribution in [0.5, 0.6) is 11.5 Å². The number of carbonyl (C=O) groups is 2. The Hall–Kier alpha value is -4.62. The molecule has 0 fully saturated rings. The summed E-state index contributed by atoms with van der Waals surface area (Å²) in [5.41, 5.74) is 1.94. The van der Waals surface area contributed by atoms with E-state index in [0.29, 0.717) is 44.6 Å². The van der Waals surface area contributed by atoms with Gasteiger partial charge in [0.05, 0.1) is 32.9 Å². The molecule has 174 valence electrons. The second-order valence-corrected chi connectivity index (χ2v) is 6.90. The van der Waals surface area contributed by atoms with Crippen LogP contribution in [0.25, 0.3) is 21.8 Å². The zero-order valence-electron chi connectivity index (χ0n) is 19.9. The first kappa shape index (κ1) is 27.6. The van der Waals surface area contributed by atoms with Crippen LogP contribution in [-0.4, -0.2) is 43.2 Å². The van der Waals surface area contributed by atoms with Crippen LogP contribution < -0.4 is 33.4 Å². The largest absolute Gasteiger partial charge is 1.00 e. The van der Waals surface area contributed by atoms with E-state index in [4.69, 9.17) is 20.0 Å². The summed E-state index contributed by atoms with van der Waals surface area (Å²) >= 11 is 0. The number of methoxy groups -OCH3 is 3. The van der Waals surface area contributed by atoms with E-state index in [0.717, 1.165) is 0 Å². The predicted octanol–water partition coefficient (Wildman–Crippen LogP) is -0.616. The molecule has 0 aliphatic heterocycles. The number of carboxylic acid groups (broad SMARTS) is 1. The molecule has 36 heavy (non-hydrogen) atoms. The van der Waals surface area contributed by atoms with Gasteiger partial charge in [0, 0.05) is 16.3 Å². The van der Waals surface area contributed by atoms with Crippen molar-refractivity contribution in [1.82, 2.24) is 9.97 Å². The Morgan fingerprint density at radius 3 is 1.61 bits per heavy atom. The van der Waals surface area contributed by atoms with Gasteiger partial charge in [-0.25, -0.2) is 14.8 Å². The monoisotopic (exact) mass is 476 g/mol. The quantitative estimate of drug-likeness (QED) is 0.275. The third-order valence-electron chi connectivity index (χ3n) is 4.84.